The molecule has 0 aliphatic carbocycles. The third kappa shape index (κ3) is 2.04. The van der Waals surface area contributed by atoms with Crippen molar-refractivity contribution >= 4 is 11.4 Å². The molecule has 0 amide bonds. The molecule has 4 heteroatoms. The van der Waals surface area contributed by atoms with Gasteiger partial charge in [-0.25, -0.2) is 0 Å². The number of non-ortho nitro benzene ring substituents is 1. The average molecular weight is 201 g/mol. The normalized spacial score (nSPS) is 14.3. The van der Waals surface area contributed by atoms with Crippen LogP contribution in [0.4, 0.5) is 5.69 Å². The van der Waals surface area contributed by atoms with Gasteiger partial charge in [-0.05, 0) is 17.7 Å². The molecule has 0 unspecified atom stereocenters. The number of hydrogen-bond donors (Lipinski definition) is 1. The van der Waals surface area contributed by atoms with Crippen molar-refractivity contribution in [3.8, 4) is 0 Å². The van der Waals surface area contributed by atoms with E-state index in [4.69, 9.17) is 0 Å². The van der Waals surface area contributed by atoms with E-state index in [1.165, 1.54) is 12.1 Å². The second kappa shape index (κ2) is 3.96. The van der Waals surface area contributed by atoms with Crippen molar-refractivity contribution in [1.82, 2.24) is 5.32 Å². The van der Waals surface area contributed by atoms with Gasteiger partial charge in [0.25, 0.3) is 5.69 Å². The number of hydrogen-bond acceptors (Lipinski definition) is 3. The van der Waals surface area contributed by atoms with Crippen LogP contribution in [0.5, 0.6) is 0 Å². The molecule has 1 radical (unpaired) electrons. The van der Waals surface area contributed by atoms with Gasteiger partial charge in [0.2, 0.25) is 0 Å². The van der Waals surface area contributed by atoms with Crippen molar-refractivity contribution in [3.05, 3.63) is 58.2 Å². The van der Waals surface area contributed by atoms with Gasteiger partial charge >= 0.3 is 0 Å². The van der Waals surface area contributed by atoms with Crippen molar-refractivity contribution in [2.24, 2.45) is 0 Å². The van der Waals surface area contributed by atoms with Crippen molar-refractivity contribution in [3.63, 3.8) is 0 Å². The van der Waals surface area contributed by atoms with Gasteiger partial charge in [-0.2, -0.15) is 0 Å². The third-order valence-corrected chi connectivity index (χ3v) is 2.11. The lowest BCUT2D eigenvalue weighted by Crippen LogP contribution is -2.14. The van der Waals surface area contributed by atoms with Crippen LogP contribution < -0.4 is 5.32 Å². The molecule has 1 N–H and O–H groups in total. The van der Waals surface area contributed by atoms with E-state index in [9.17, 15) is 10.1 Å². The van der Waals surface area contributed by atoms with E-state index in [2.05, 4.69) is 11.4 Å². The van der Waals surface area contributed by atoms with Crippen molar-refractivity contribution < 1.29 is 4.92 Å². The standard InChI is InChI=1S/C11H9N2O2/c14-13(15)10-6-4-9(5-7-10)11-3-1-2-8-12-11/h1-2,4-7,12H,8H2. The molecule has 1 aromatic rings. The Morgan fingerprint density at radius 3 is 2.60 bits per heavy atom. The first kappa shape index (κ1) is 9.45. The number of dihydropyridines is 1. The van der Waals surface area contributed by atoms with E-state index in [1.54, 1.807) is 12.1 Å². The van der Waals surface area contributed by atoms with Gasteiger partial charge in [-0.3, -0.25) is 10.1 Å². The molecule has 0 fully saturated rings. The summed E-state index contributed by atoms with van der Waals surface area (Å²) < 4.78 is 0. The Balaban J connectivity index is 2.27. The molecular formula is C11H9N2O2. The van der Waals surface area contributed by atoms with Crippen molar-refractivity contribution in [2.45, 2.75) is 0 Å². The lowest BCUT2D eigenvalue weighted by Gasteiger charge is -2.11. The number of nitrogens with zero attached hydrogens (tertiary/aromatic N) is 1. The molecular weight excluding hydrogens is 192 g/mol. The minimum Gasteiger partial charge on any atom is -0.381 e. The van der Waals surface area contributed by atoms with E-state index < -0.39 is 4.92 Å². The Kier molecular flexibility index (Phi) is 2.49. The second-order valence-electron chi connectivity index (χ2n) is 3.11. The Labute approximate surface area is 87.1 Å². The zero-order valence-corrected chi connectivity index (χ0v) is 7.93. The Morgan fingerprint density at radius 1 is 1.33 bits per heavy atom. The van der Waals surface area contributed by atoms with Gasteiger partial charge in [-0.1, -0.05) is 12.2 Å². The van der Waals surface area contributed by atoms with Crippen LogP contribution in [0, 0.1) is 16.2 Å². The minimum atomic E-state index is -0.407. The van der Waals surface area contributed by atoms with E-state index in [-0.39, 0.29) is 5.69 Å². The van der Waals surface area contributed by atoms with Crippen LogP contribution in [0.3, 0.4) is 0 Å². The predicted octanol–water partition coefficient (Wildman–Crippen LogP) is 1.90. The summed E-state index contributed by atoms with van der Waals surface area (Å²) in [5.74, 6) is 0. The highest BCUT2D eigenvalue weighted by Gasteiger charge is 2.06. The maximum absolute atomic E-state index is 10.4. The molecule has 1 aliphatic rings. The molecule has 15 heavy (non-hydrogen) atoms. The zero-order chi connectivity index (χ0) is 10.7. The average Bonchev–Trinajstić information content (AvgIpc) is 2.30. The molecule has 0 spiro atoms. The molecule has 1 aliphatic heterocycles. The van der Waals surface area contributed by atoms with Gasteiger partial charge in [0.1, 0.15) is 0 Å². The van der Waals surface area contributed by atoms with Crippen LogP contribution in [0.25, 0.3) is 5.70 Å². The van der Waals surface area contributed by atoms with Crippen molar-refractivity contribution in [1.29, 1.82) is 0 Å². The molecule has 0 saturated heterocycles. The summed E-state index contributed by atoms with van der Waals surface area (Å²) in [6, 6.07) is 6.41. The fourth-order valence-corrected chi connectivity index (χ4v) is 1.35. The van der Waals surface area contributed by atoms with Crippen LogP contribution in [0.1, 0.15) is 5.56 Å². The molecule has 0 saturated carbocycles. The Hall–Kier alpha value is -2.10. The summed E-state index contributed by atoms with van der Waals surface area (Å²) in [6.45, 7) is 0.763. The van der Waals surface area contributed by atoms with Crippen LogP contribution >= 0.6 is 0 Å². The quantitative estimate of drug-likeness (QED) is 0.587. The highest BCUT2D eigenvalue weighted by atomic mass is 16.6. The molecule has 0 aromatic heterocycles. The number of benzene rings is 1. The number of allylic oxidation sites excluding steroid dienone is 2. The monoisotopic (exact) mass is 201 g/mol. The molecule has 0 atom stereocenters. The van der Waals surface area contributed by atoms with Crippen molar-refractivity contribution in [2.75, 3.05) is 6.54 Å². The number of nitro benzene ring substituents is 1. The summed E-state index contributed by atoms with van der Waals surface area (Å²) in [4.78, 5) is 10.0. The molecule has 1 heterocycles. The summed E-state index contributed by atoms with van der Waals surface area (Å²) in [7, 11) is 0. The van der Waals surface area contributed by atoms with E-state index in [0.717, 1.165) is 17.8 Å². The zero-order valence-electron chi connectivity index (χ0n) is 7.93. The largest absolute Gasteiger partial charge is 0.381 e. The fourth-order valence-electron chi connectivity index (χ4n) is 1.35. The topological polar surface area (TPSA) is 55.2 Å². The summed E-state index contributed by atoms with van der Waals surface area (Å²) in [5, 5.41) is 13.6. The number of nitrogens with one attached hydrogen (secondary N) is 1. The van der Waals surface area contributed by atoms with E-state index in [0.29, 0.717) is 0 Å². The Morgan fingerprint density at radius 2 is 2.07 bits per heavy atom. The van der Waals surface area contributed by atoms with Crippen LogP contribution in [-0.4, -0.2) is 11.5 Å². The molecule has 0 bridgehead atoms. The fraction of sp³-hybridized carbons (Fsp3) is 0.0909. The highest BCUT2D eigenvalue weighted by molar-refractivity contribution is 5.65. The van der Waals surface area contributed by atoms with Crippen LogP contribution in [0.2, 0.25) is 0 Å². The first-order valence-corrected chi connectivity index (χ1v) is 4.54. The molecule has 75 valence electrons. The van der Waals surface area contributed by atoms with Crippen LogP contribution in [0.15, 0.2) is 36.4 Å². The number of nitro groups is 1. The van der Waals surface area contributed by atoms with E-state index >= 15 is 0 Å². The molecule has 2 rings (SSSR count). The lowest BCUT2D eigenvalue weighted by molar-refractivity contribution is -0.384. The van der Waals surface area contributed by atoms with Gasteiger partial charge < -0.3 is 5.32 Å². The first-order chi connectivity index (χ1) is 7.27. The van der Waals surface area contributed by atoms with Gasteiger partial charge in [-0.15, -0.1) is 0 Å². The summed E-state index contributed by atoms with van der Waals surface area (Å²) in [6.07, 6.45) is 6.83. The van der Waals surface area contributed by atoms with E-state index in [1.807, 2.05) is 12.2 Å². The minimum absolute atomic E-state index is 0.103. The number of rotatable bonds is 2. The third-order valence-electron chi connectivity index (χ3n) is 2.11. The second-order valence-corrected chi connectivity index (χ2v) is 3.11. The van der Waals surface area contributed by atoms with Gasteiger partial charge in [0.15, 0.2) is 0 Å². The maximum atomic E-state index is 10.4. The summed E-state index contributed by atoms with van der Waals surface area (Å²) in [5.41, 5.74) is 1.88. The van der Waals surface area contributed by atoms with Gasteiger partial charge in [0.05, 0.1) is 4.92 Å². The first-order valence-electron chi connectivity index (χ1n) is 4.54. The maximum Gasteiger partial charge on any atom is 0.269 e. The van der Waals surface area contributed by atoms with Gasteiger partial charge in [0, 0.05) is 30.5 Å². The Bertz CT molecular complexity index is 432. The molecule has 1 aromatic carbocycles. The predicted molar refractivity (Wildman–Crippen MR) is 56.9 cm³/mol. The molecule has 4 nitrogen and oxygen atoms in total. The summed E-state index contributed by atoms with van der Waals surface area (Å²) >= 11 is 0. The van der Waals surface area contributed by atoms with Crippen LogP contribution in [-0.2, 0) is 0 Å². The SMILES string of the molecule is O=[N+]([O-])c1ccc(C2=[C]C=CCN2)cc1. The lowest BCUT2D eigenvalue weighted by atomic mass is 10.1. The smallest absolute Gasteiger partial charge is 0.269 e. The highest BCUT2D eigenvalue weighted by Crippen LogP contribution is 2.17.